The molecular formula is C100H62N6S. The van der Waals surface area contributed by atoms with Crippen LogP contribution in [0.25, 0.3) is 208 Å². The van der Waals surface area contributed by atoms with Crippen molar-refractivity contribution in [2.75, 3.05) is 0 Å². The van der Waals surface area contributed by atoms with Gasteiger partial charge in [0.1, 0.15) is 11.4 Å². The Morgan fingerprint density at radius 2 is 0.523 bits per heavy atom. The topological polar surface area (TPSA) is 45.5 Å². The Morgan fingerprint density at radius 3 is 0.907 bits per heavy atom. The van der Waals surface area contributed by atoms with Crippen LogP contribution in [0.2, 0.25) is 0 Å². The molecule has 0 unspecified atom stereocenters. The summed E-state index contributed by atoms with van der Waals surface area (Å²) < 4.78 is 12.5. The maximum absolute atomic E-state index is 6.83. The van der Waals surface area contributed by atoms with Crippen LogP contribution in [0.15, 0.2) is 376 Å². The number of rotatable bonds is 11. The second-order valence-corrected chi connectivity index (χ2v) is 29.0. The molecule has 6 nitrogen and oxygen atoms in total. The summed E-state index contributed by atoms with van der Waals surface area (Å²) in [6.07, 6.45) is 4.00. The molecule has 0 aliphatic heterocycles. The first-order valence-electron chi connectivity index (χ1n) is 36.5. The van der Waals surface area contributed by atoms with E-state index in [2.05, 4.69) is 382 Å². The predicted octanol–water partition coefficient (Wildman–Crippen LogP) is 26.9. The first kappa shape index (κ1) is 60.6. The number of para-hydroxylation sites is 1. The zero-order valence-corrected chi connectivity index (χ0v) is 58.7. The Hall–Kier alpha value is -14.0. The molecule has 0 saturated heterocycles. The Bertz CT molecular complexity index is 6990. The van der Waals surface area contributed by atoms with E-state index in [-0.39, 0.29) is 0 Å². The van der Waals surface area contributed by atoms with Gasteiger partial charge in [0.25, 0.3) is 0 Å². The minimum absolute atomic E-state index is 0.756. The molecule has 0 spiro atoms. The van der Waals surface area contributed by atoms with Crippen molar-refractivity contribution in [2.45, 2.75) is 0 Å². The van der Waals surface area contributed by atoms with E-state index >= 15 is 0 Å². The number of pyridine rings is 2. The molecule has 7 heterocycles. The maximum atomic E-state index is 6.83. The fourth-order valence-electron chi connectivity index (χ4n) is 17.2. The number of benzene rings is 15. The monoisotopic (exact) mass is 1380 g/mol. The van der Waals surface area contributed by atoms with Gasteiger partial charge in [-0.2, -0.15) is 0 Å². The predicted molar refractivity (Wildman–Crippen MR) is 450 cm³/mol. The molecule has 498 valence electrons. The minimum atomic E-state index is 0.756. The van der Waals surface area contributed by atoms with E-state index in [1.165, 1.54) is 20.2 Å². The van der Waals surface area contributed by atoms with Crippen molar-refractivity contribution in [3.05, 3.63) is 376 Å². The standard InChI is InChI=1S/C100H62N6S/c1-7-24-63(25-8-1)69-42-48-87-79(56-69)80-57-70(64-26-9-2-10-27-64)43-49-88(80)104(87)97-95(78-39-23-38-77-76-37-20-22-41-94(76)107-98(77)78)96(103-86-40-21-19-36-75(86)85-62-101-55-54-93(85)103)99(105-89-50-44-71(65-28-11-3-12-29-65)58-81(89)82-59-72(45-51-90(82)105)66-30-13-4-14-31-66)102-100(97)106-91-52-46-73(67-32-15-5-16-33-67)60-83(91)84-61-74(47-53-92(84)106)68-34-17-6-18-35-68/h1-62H. The summed E-state index contributed by atoms with van der Waals surface area (Å²) in [5, 5.41) is 11.2. The smallest absolute Gasteiger partial charge is 0.165 e. The lowest BCUT2D eigenvalue weighted by atomic mass is 9.98. The van der Waals surface area contributed by atoms with Gasteiger partial charge in [-0.3, -0.25) is 14.1 Å². The Morgan fingerprint density at radius 1 is 0.215 bits per heavy atom. The largest absolute Gasteiger partial charge is 0.305 e. The van der Waals surface area contributed by atoms with E-state index in [1.54, 1.807) is 0 Å². The average Bonchev–Trinajstić information content (AvgIpc) is 1.58. The summed E-state index contributed by atoms with van der Waals surface area (Å²) in [7, 11) is 0. The van der Waals surface area contributed by atoms with Crippen molar-refractivity contribution in [1.82, 2.24) is 28.2 Å². The van der Waals surface area contributed by atoms with Gasteiger partial charge in [-0.05, 0) is 158 Å². The molecule has 0 saturated carbocycles. The number of fused-ring (bicyclic) bond motifs is 15. The van der Waals surface area contributed by atoms with Crippen molar-refractivity contribution in [1.29, 1.82) is 0 Å². The van der Waals surface area contributed by atoms with Crippen LogP contribution in [-0.2, 0) is 0 Å². The molecule has 0 fully saturated rings. The first-order chi connectivity index (χ1) is 53.1. The fraction of sp³-hybridized carbons (Fsp3) is 0. The molecule has 15 aromatic carbocycles. The lowest BCUT2D eigenvalue weighted by Gasteiger charge is -2.27. The van der Waals surface area contributed by atoms with Gasteiger partial charge in [0.2, 0.25) is 0 Å². The second-order valence-electron chi connectivity index (χ2n) is 28.0. The van der Waals surface area contributed by atoms with Crippen LogP contribution in [0.4, 0.5) is 0 Å². The highest BCUT2D eigenvalue weighted by molar-refractivity contribution is 7.26. The third kappa shape index (κ3) is 9.58. The van der Waals surface area contributed by atoms with Crippen molar-refractivity contribution in [3.8, 4) is 101 Å². The van der Waals surface area contributed by atoms with Crippen LogP contribution < -0.4 is 0 Å². The summed E-state index contributed by atoms with van der Waals surface area (Å²) >= 11 is 1.86. The van der Waals surface area contributed by atoms with Gasteiger partial charge >= 0.3 is 0 Å². The first-order valence-corrected chi connectivity index (χ1v) is 37.3. The van der Waals surface area contributed by atoms with E-state index in [9.17, 15) is 0 Å². The second kappa shape index (κ2) is 24.3. The Labute approximate surface area is 620 Å². The summed E-state index contributed by atoms with van der Waals surface area (Å²) in [6.45, 7) is 0. The maximum Gasteiger partial charge on any atom is 0.165 e. The van der Waals surface area contributed by atoms with Crippen LogP contribution >= 0.6 is 11.3 Å². The molecule has 0 amide bonds. The van der Waals surface area contributed by atoms with E-state index < -0.39 is 0 Å². The van der Waals surface area contributed by atoms with Crippen LogP contribution in [0.5, 0.6) is 0 Å². The van der Waals surface area contributed by atoms with Gasteiger partial charge in [-0.1, -0.05) is 273 Å². The van der Waals surface area contributed by atoms with Crippen molar-refractivity contribution >= 4 is 119 Å². The van der Waals surface area contributed by atoms with Crippen LogP contribution in [0.1, 0.15) is 0 Å². The van der Waals surface area contributed by atoms with Gasteiger partial charge in [-0.15, -0.1) is 11.3 Å². The van der Waals surface area contributed by atoms with E-state index in [1.807, 2.05) is 23.7 Å². The van der Waals surface area contributed by atoms with Crippen LogP contribution in [0.3, 0.4) is 0 Å². The average molecular weight is 1380 g/mol. The fourth-order valence-corrected chi connectivity index (χ4v) is 18.4. The Balaban J connectivity index is 1.01. The number of aromatic nitrogens is 6. The van der Waals surface area contributed by atoms with E-state index in [0.717, 1.165) is 188 Å². The van der Waals surface area contributed by atoms with Crippen molar-refractivity contribution in [3.63, 3.8) is 0 Å². The SMILES string of the molecule is c1ccc(-c2ccc3c(c2)c2cc(-c4ccccc4)ccc2n3-c2nc(-n3c4ccc(-c5ccccc5)cc4c4cc(-c5ccccc5)ccc43)c(-n3c4ccc(-c5ccccc5)cc4c4cc(-c5ccccc5)ccc43)c(-c3cccc4c3sc3ccccc34)c2-n2c3ccccc3c3cnccc32)cc1. The highest BCUT2D eigenvalue weighted by Crippen LogP contribution is 2.53. The van der Waals surface area contributed by atoms with Crippen LogP contribution in [0, 0.1) is 0 Å². The molecule has 0 atom stereocenters. The molecule has 0 bridgehead atoms. The van der Waals surface area contributed by atoms with Crippen molar-refractivity contribution < 1.29 is 0 Å². The zero-order chi connectivity index (χ0) is 70.2. The number of hydrogen-bond acceptors (Lipinski definition) is 3. The quantitative estimate of drug-likeness (QED) is 0.130. The molecular weight excluding hydrogens is 1320 g/mol. The highest BCUT2D eigenvalue weighted by atomic mass is 32.1. The van der Waals surface area contributed by atoms with E-state index in [4.69, 9.17) is 9.97 Å². The molecule has 107 heavy (non-hydrogen) atoms. The normalized spacial score (nSPS) is 11.9. The molecule has 7 aromatic heterocycles. The van der Waals surface area contributed by atoms with Gasteiger partial charge < -0.3 is 9.13 Å². The molecule has 0 N–H and O–H groups in total. The molecule has 0 aliphatic rings. The lowest BCUT2D eigenvalue weighted by Crippen LogP contribution is -2.16. The zero-order valence-electron chi connectivity index (χ0n) is 57.9. The van der Waals surface area contributed by atoms with Gasteiger partial charge in [0.05, 0.1) is 44.1 Å². The lowest BCUT2D eigenvalue weighted by molar-refractivity contribution is 0.961. The van der Waals surface area contributed by atoms with Crippen LogP contribution in [-0.4, -0.2) is 28.2 Å². The Kier molecular flexibility index (Phi) is 13.8. The minimum Gasteiger partial charge on any atom is -0.305 e. The van der Waals surface area contributed by atoms with E-state index in [0.29, 0.717) is 0 Å². The highest BCUT2D eigenvalue weighted by Gasteiger charge is 2.34. The van der Waals surface area contributed by atoms with Gasteiger partial charge in [0, 0.05) is 86.8 Å². The molecule has 7 heteroatoms. The molecule has 0 radical (unpaired) electrons. The van der Waals surface area contributed by atoms with Gasteiger partial charge in [-0.25, -0.2) is 4.98 Å². The molecule has 22 aromatic rings. The molecule has 22 rings (SSSR count). The number of nitrogens with zero attached hydrogens (tertiary/aromatic N) is 6. The summed E-state index contributed by atoms with van der Waals surface area (Å²) in [5.74, 6) is 1.51. The number of hydrogen-bond donors (Lipinski definition) is 0. The number of thiophene rings is 1. The summed E-state index contributed by atoms with van der Waals surface area (Å²) in [4.78, 5) is 11.8. The summed E-state index contributed by atoms with van der Waals surface area (Å²) in [6, 6.07) is 134. The third-order valence-electron chi connectivity index (χ3n) is 22.1. The van der Waals surface area contributed by atoms with Crippen molar-refractivity contribution in [2.24, 2.45) is 0 Å². The van der Waals surface area contributed by atoms with Gasteiger partial charge in [0.15, 0.2) is 11.6 Å². The molecule has 0 aliphatic carbocycles. The third-order valence-corrected chi connectivity index (χ3v) is 23.3. The summed E-state index contributed by atoms with van der Waals surface area (Å²) in [5.41, 5.74) is 25.8.